The minimum atomic E-state index is 0.0356. The molecule has 1 fully saturated rings. The smallest absolute Gasteiger partial charge is 0.272 e. The van der Waals surface area contributed by atoms with Crippen LogP contribution in [0.2, 0.25) is 0 Å². The number of benzene rings is 1. The molecule has 2 aromatic rings. The Morgan fingerprint density at radius 3 is 2.60 bits per heavy atom. The van der Waals surface area contributed by atoms with E-state index >= 15 is 0 Å². The second kappa shape index (κ2) is 8.47. The highest BCUT2D eigenvalue weighted by Gasteiger charge is 2.24. The van der Waals surface area contributed by atoms with Gasteiger partial charge in [0.15, 0.2) is 0 Å². The van der Waals surface area contributed by atoms with Crippen molar-refractivity contribution < 1.29 is 4.79 Å². The highest BCUT2D eigenvalue weighted by molar-refractivity contribution is 5.92. The third-order valence-electron chi connectivity index (χ3n) is 4.70. The fraction of sp³-hybridized carbons (Fsp3) is 0.333. The molecule has 0 bridgehead atoms. The van der Waals surface area contributed by atoms with Crippen LogP contribution in [0, 0.1) is 5.92 Å². The fourth-order valence-electron chi connectivity index (χ4n) is 3.26. The second-order valence-electron chi connectivity index (χ2n) is 6.53. The van der Waals surface area contributed by atoms with Crippen molar-refractivity contribution >= 4 is 11.6 Å². The van der Waals surface area contributed by atoms with Crippen LogP contribution in [0.4, 0.5) is 5.69 Å². The van der Waals surface area contributed by atoms with Crippen molar-refractivity contribution in [2.24, 2.45) is 5.92 Å². The maximum atomic E-state index is 12.6. The molecule has 1 aliphatic rings. The van der Waals surface area contributed by atoms with Crippen LogP contribution in [0.5, 0.6) is 0 Å². The second-order valence-corrected chi connectivity index (χ2v) is 6.53. The summed E-state index contributed by atoms with van der Waals surface area (Å²) in [6.07, 6.45) is 6.71. The van der Waals surface area contributed by atoms with E-state index in [2.05, 4.69) is 47.2 Å². The number of anilines is 1. The van der Waals surface area contributed by atoms with E-state index in [9.17, 15) is 4.79 Å². The number of aromatic nitrogens is 1. The number of rotatable bonds is 6. The van der Waals surface area contributed by atoms with Crippen LogP contribution in [0.3, 0.4) is 0 Å². The van der Waals surface area contributed by atoms with E-state index in [1.54, 1.807) is 18.3 Å². The monoisotopic (exact) mass is 335 g/mol. The van der Waals surface area contributed by atoms with Gasteiger partial charge in [-0.1, -0.05) is 36.4 Å². The summed E-state index contributed by atoms with van der Waals surface area (Å²) in [5.74, 6) is 0.693. The number of nitrogens with zero attached hydrogens (tertiary/aromatic N) is 2. The molecule has 0 saturated carbocycles. The van der Waals surface area contributed by atoms with Crippen molar-refractivity contribution in [3.8, 4) is 0 Å². The molecule has 0 atom stereocenters. The van der Waals surface area contributed by atoms with Crippen LogP contribution in [0.25, 0.3) is 0 Å². The molecule has 0 spiro atoms. The summed E-state index contributed by atoms with van der Waals surface area (Å²) in [6, 6.07) is 14.3. The summed E-state index contributed by atoms with van der Waals surface area (Å²) >= 11 is 0. The van der Waals surface area contributed by atoms with Crippen molar-refractivity contribution in [3.63, 3.8) is 0 Å². The van der Waals surface area contributed by atoms with Gasteiger partial charge in [0.05, 0.1) is 11.9 Å². The highest BCUT2D eigenvalue weighted by atomic mass is 16.2. The lowest BCUT2D eigenvalue weighted by Crippen LogP contribution is -2.39. The average Bonchev–Trinajstić information content (AvgIpc) is 2.68. The third-order valence-corrected chi connectivity index (χ3v) is 4.70. The first kappa shape index (κ1) is 17.2. The molecule has 130 valence electrons. The van der Waals surface area contributed by atoms with Gasteiger partial charge in [0, 0.05) is 19.6 Å². The zero-order valence-corrected chi connectivity index (χ0v) is 14.5. The minimum absolute atomic E-state index is 0.0356. The van der Waals surface area contributed by atoms with Crippen LogP contribution in [0.1, 0.15) is 28.9 Å². The Morgan fingerprint density at radius 1 is 1.20 bits per heavy atom. The predicted molar refractivity (Wildman–Crippen MR) is 102 cm³/mol. The lowest BCUT2D eigenvalue weighted by atomic mass is 9.90. The van der Waals surface area contributed by atoms with Crippen LogP contribution in [0.15, 0.2) is 61.3 Å². The molecular formula is C21H25N3O. The van der Waals surface area contributed by atoms with E-state index in [0.29, 0.717) is 18.2 Å². The Balaban J connectivity index is 1.51. The Morgan fingerprint density at radius 2 is 1.96 bits per heavy atom. The normalized spacial score (nSPS) is 15.0. The molecule has 0 aliphatic carbocycles. The van der Waals surface area contributed by atoms with Crippen LogP contribution in [-0.4, -0.2) is 35.4 Å². The third kappa shape index (κ3) is 4.69. The SMILES string of the molecule is C=CCNc1ccc(C(=O)N2CCC(Cc3ccccc3)CC2)nc1. The molecular weight excluding hydrogens is 310 g/mol. The van der Waals surface area contributed by atoms with Gasteiger partial charge in [-0.15, -0.1) is 6.58 Å². The maximum Gasteiger partial charge on any atom is 0.272 e. The molecule has 1 saturated heterocycles. The lowest BCUT2D eigenvalue weighted by molar-refractivity contribution is 0.0684. The molecule has 1 aromatic heterocycles. The van der Waals surface area contributed by atoms with Gasteiger partial charge in [-0.25, -0.2) is 4.98 Å². The molecule has 0 radical (unpaired) electrons. The van der Waals surface area contributed by atoms with Gasteiger partial charge in [-0.2, -0.15) is 0 Å². The van der Waals surface area contributed by atoms with Crippen molar-refractivity contribution in [2.45, 2.75) is 19.3 Å². The number of likely N-dealkylation sites (tertiary alicyclic amines) is 1. The largest absolute Gasteiger partial charge is 0.380 e. The number of carbonyl (C=O) groups excluding carboxylic acids is 1. The Bertz CT molecular complexity index is 689. The van der Waals surface area contributed by atoms with E-state index in [1.807, 2.05) is 11.0 Å². The molecule has 0 unspecified atom stereocenters. The predicted octanol–water partition coefficient (Wildman–Crippen LogP) is 3.77. The molecule has 25 heavy (non-hydrogen) atoms. The number of piperidine rings is 1. The van der Waals surface area contributed by atoms with Gasteiger partial charge < -0.3 is 10.2 Å². The molecule has 1 amide bonds. The van der Waals surface area contributed by atoms with Gasteiger partial charge in [0.1, 0.15) is 5.69 Å². The van der Waals surface area contributed by atoms with E-state index in [4.69, 9.17) is 0 Å². The van der Waals surface area contributed by atoms with Crippen molar-refractivity contribution in [2.75, 3.05) is 25.0 Å². The Labute approximate surface area is 149 Å². The topological polar surface area (TPSA) is 45.2 Å². The summed E-state index contributed by atoms with van der Waals surface area (Å²) in [6.45, 7) is 5.98. The summed E-state index contributed by atoms with van der Waals surface area (Å²) in [4.78, 5) is 18.9. The Hall–Kier alpha value is -2.62. The van der Waals surface area contributed by atoms with Crippen LogP contribution >= 0.6 is 0 Å². The number of hydrogen-bond donors (Lipinski definition) is 1. The molecule has 3 rings (SSSR count). The van der Waals surface area contributed by atoms with Gasteiger partial charge in [-0.3, -0.25) is 4.79 Å². The van der Waals surface area contributed by atoms with Crippen LogP contribution < -0.4 is 5.32 Å². The van der Waals surface area contributed by atoms with Gasteiger partial charge in [-0.05, 0) is 42.9 Å². The van der Waals surface area contributed by atoms with Crippen molar-refractivity contribution in [3.05, 3.63) is 72.6 Å². The van der Waals surface area contributed by atoms with E-state index in [1.165, 1.54) is 5.56 Å². The first-order chi connectivity index (χ1) is 12.3. The summed E-state index contributed by atoms with van der Waals surface area (Å²) in [7, 11) is 0. The van der Waals surface area contributed by atoms with Crippen molar-refractivity contribution in [1.82, 2.24) is 9.88 Å². The molecule has 2 heterocycles. The summed E-state index contributed by atoms with van der Waals surface area (Å²) in [5.41, 5.74) is 2.81. The van der Waals surface area contributed by atoms with Crippen LogP contribution in [-0.2, 0) is 6.42 Å². The van der Waals surface area contributed by atoms with Crippen molar-refractivity contribution in [1.29, 1.82) is 0 Å². The molecule has 4 heteroatoms. The lowest BCUT2D eigenvalue weighted by Gasteiger charge is -2.32. The maximum absolute atomic E-state index is 12.6. The molecule has 4 nitrogen and oxygen atoms in total. The summed E-state index contributed by atoms with van der Waals surface area (Å²) in [5, 5.41) is 3.16. The number of nitrogens with one attached hydrogen (secondary N) is 1. The number of pyridine rings is 1. The zero-order chi connectivity index (χ0) is 17.5. The molecule has 1 aliphatic heterocycles. The first-order valence-corrected chi connectivity index (χ1v) is 8.90. The van der Waals surface area contributed by atoms with E-state index in [-0.39, 0.29) is 5.91 Å². The average molecular weight is 335 g/mol. The molecule has 1 aromatic carbocycles. The number of hydrogen-bond acceptors (Lipinski definition) is 3. The Kier molecular flexibility index (Phi) is 5.83. The summed E-state index contributed by atoms with van der Waals surface area (Å²) < 4.78 is 0. The number of carbonyl (C=O) groups is 1. The fourth-order valence-corrected chi connectivity index (χ4v) is 3.26. The standard InChI is InChI=1S/C21H25N3O/c1-2-12-22-19-8-9-20(23-16-19)21(25)24-13-10-18(11-14-24)15-17-6-4-3-5-7-17/h2-9,16,18,22H,1,10-15H2. The van der Waals surface area contributed by atoms with Gasteiger partial charge in [0.2, 0.25) is 0 Å². The number of amides is 1. The van der Waals surface area contributed by atoms with Gasteiger partial charge >= 0.3 is 0 Å². The van der Waals surface area contributed by atoms with E-state index < -0.39 is 0 Å². The quantitative estimate of drug-likeness (QED) is 0.817. The minimum Gasteiger partial charge on any atom is -0.380 e. The highest BCUT2D eigenvalue weighted by Crippen LogP contribution is 2.22. The van der Waals surface area contributed by atoms with E-state index in [0.717, 1.165) is 38.0 Å². The zero-order valence-electron chi connectivity index (χ0n) is 14.5. The first-order valence-electron chi connectivity index (χ1n) is 8.90. The van der Waals surface area contributed by atoms with Gasteiger partial charge in [0.25, 0.3) is 5.91 Å². The molecule has 1 N–H and O–H groups in total.